The van der Waals surface area contributed by atoms with Crippen molar-refractivity contribution in [2.45, 2.75) is 16.2 Å². The summed E-state index contributed by atoms with van der Waals surface area (Å²) >= 11 is 1.63. The van der Waals surface area contributed by atoms with Gasteiger partial charge in [0, 0.05) is 22.6 Å². The van der Waals surface area contributed by atoms with Crippen LogP contribution in [0.5, 0.6) is 0 Å². The van der Waals surface area contributed by atoms with E-state index in [0.29, 0.717) is 5.56 Å². The molecule has 8 heteroatoms. The van der Waals surface area contributed by atoms with Crippen molar-refractivity contribution in [2.75, 3.05) is 18.1 Å². The number of aliphatic imine (C=N–C) groups is 1. The Bertz CT molecular complexity index is 922. The Kier molecular flexibility index (Phi) is 5.10. The summed E-state index contributed by atoms with van der Waals surface area (Å²) in [5.41, 5.74) is 1.26. The molecule has 2 aromatic rings. The van der Waals surface area contributed by atoms with Crippen LogP contribution in [0.25, 0.3) is 0 Å². The summed E-state index contributed by atoms with van der Waals surface area (Å²) in [6.45, 7) is 0.195. The third-order valence-corrected chi connectivity index (χ3v) is 5.79. The van der Waals surface area contributed by atoms with Gasteiger partial charge in [0.15, 0.2) is 0 Å². The Balaban J connectivity index is 1.61. The summed E-state index contributed by atoms with van der Waals surface area (Å²) in [7, 11) is -3.54. The van der Waals surface area contributed by atoms with E-state index < -0.39 is 10.0 Å². The van der Waals surface area contributed by atoms with E-state index in [0.717, 1.165) is 10.6 Å². The van der Waals surface area contributed by atoms with Crippen molar-refractivity contribution in [2.24, 2.45) is 4.99 Å². The van der Waals surface area contributed by atoms with E-state index in [9.17, 15) is 13.2 Å². The fraction of sp³-hybridized carbons (Fsp3) is 0.176. The van der Waals surface area contributed by atoms with Crippen molar-refractivity contribution in [3.8, 4) is 0 Å². The van der Waals surface area contributed by atoms with Crippen molar-refractivity contribution in [1.29, 1.82) is 0 Å². The first-order valence-electron chi connectivity index (χ1n) is 7.60. The Hall–Kier alpha value is -2.32. The maximum Gasteiger partial charge on any atom is 0.263 e. The molecule has 0 bridgehead atoms. The number of anilines is 1. The standard InChI is InChI=1S/C17H17N3O3S2/c1-24-13-8-6-12(7-9-13)19-16(21)10-11-18-17-14-4-2-3-5-15(14)25(22,23)20-17/h2-9H,10-11H2,1H3,(H,18,20)(H,19,21). The molecule has 1 amide bonds. The lowest BCUT2D eigenvalue weighted by atomic mass is 10.2. The van der Waals surface area contributed by atoms with Crippen LogP contribution in [0.4, 0.5) is 5.69 Å². The smallest absolute Gasteiger partial charge is 0.263 e. The molecule has 0 unspecified atom stereocenters. The average Bonchev–Trinajstić information content (AvgIpc) is 2.87. The summed E-state index contributed by atoms with van der Waals surface area (Å²) in [5.74, 6) is 0.114. The van der Waals surface area contributed by atoms with Crippen LogP contribution in [0.1, 0.15) is 12.0 Å². The number of amidine groups is 1. The molecule has 0 radical (unpaired) electrons. The molecule has 25 heavy (non-hydrogen) atoms. The lowest BCUT2D eigenvalue weighted by Gasteiger charge is -2.05. The van der Waals surface area contributed by atoms with Gasteiger partial charge in [0.25, 0.3) is 10.0 Å². The predicted octanol–water partition coefficient (Wildman–Crippen LogP) is 2.48. The number of amides is 1. The summed E-state index contributed by atoms with van der Waals surface area (Å²) in [4.78, 5) is 17.6. The highest BCUT2D eigenvalue weighted by Gasteiger charge is 2.29. The van der Waals surface area contributed by atoms with E-state index in [1.54, 1.807) is 30.0 Å². The molecule has 2 N–H and O–H groups in total. The Morgan fingerprint density at radius 3 is 2.60 bits per heavy atom. The first-order valence-corrected chi connectivity index (χ1v) is 10.3. The first-order chi connectivity index (χ1) is 12.0. The molecule has 0 aliphatic carbocycles. The van der Waals surface area contributed by atoms with Gasteiger partial charge in [-0.25, -0.2) is 8.42 Å². The SMILES string of the molecule is CSc1ccc(NC(=O)CCN=C2NS(=O)(=O)c3ccccc32)cc1. The zero-order valence-corrected chi connectivity index (χ0v) is 15.2. The molecule has 2 aromatic carbocycles. The van der Waals surface area contributed by atoms with Gasteiger partial charge in [-0.3, -0.25) is 14.5 Å². The van der Waals surface area contributed by atoms with Crippen molar-refractivity contribution in [1.82, 2.24) is 4.72 Å². The molecule has 1 aliphatic heterocycles. The molecule has 130 valence electrons. The number of carbonyl (C=O) groups is 1. The monoisotopic (exact) mass is 375 g/mol. The molecule has 0 fully saturated rings. The van der Waals surface area contributed by atoms with Crippen LogP contribution in [0.3, 0.4) is 0 Å². The molecule has 1 aliphatic rings. The van der Waals surface area contributed by atoms with Crippen molar-refractivity contribution >= 4 is 39.2 Å². The van der Waals surface area contributed by atoms with Crippen molar-refractivity contribution in [3.63, 3.8) is 0 Å². The van der Waals surface area contributed by atoms with Gasteiger partial charge in [-0.2, -0.15) is 0 Å². The summed E-state index contributed by atoms with van der Waals surface area (Å²) in [6.07, 6.45) is 2.15. The van der Waals surface area contributed by atoms with Gasteiger partial charge in [-0.1, -0.05) is 12.1 Å². The van der Waals surface area contributed by atoms with Gasteiger partial charge in [0.2, 0.25) is 5.91 Å². The molecule has 0 atom stereocenters. The summed E-state index contributed by atoms with van der Waals surface area (Å²) in [6, 6.07) is 14.2. The highest BCUT2D eigenvalue weighted by atomic mass is 32.2. The maximum absolute atomic E-state index is 12.0. The number of benzene rings is 2. The normalized spacial score (nSPS) is 16.3. The van der Waals surface area contributed by atoms with E-state index in [-0.39, 0.29) is 29.6 Å². The van der Waals surface area contributed by atoms with Gasteiger partial charge in [-0.05, 0) is 42.7 Å². The summed E-state index contributed by atoms with van der Waals surface area (Å²) < 4.78 is 26.4. The quantitative estimate of drug-likeness (QED) is 0.786. The van der Waals surface area contributed by atoms with Crippen LogP contribution >= 0.6 is 11.8 Å². The number of nitrogens with one attached hydrogen (secondary N) is 2. The van der Waals surface area contributed by atoms with E-state index in [2.05, 4.69) is 15.0 Å². The van der Waals surface area contributed by atoms with Gasteiger partial charge in [-0.15, -0.1) is 11.8 Å². The number of fused-ring (bicyclic) bond motifs is 1. The molecular formula is C17H17N3O3S2. The highest BCUT2D eigenvalue weighted by molar-refractivity contribution is 7.98. The van der Waals surface area contributed by atoms with E-state index >= 15 is 0 Å². The Morgan fingerprint density at radius 1 is 1.16 bits per heavy atom. The molecule has 3 rings (SSSR count). The zero-order valence-electron chi connectivity index (χ0n) is 13.5. The average molecular weight is 375 g/mol. The molecule has 0 saturated heterocycles. The lowest BCUT2D eigenvalue weighted by Crippen LogP contribution is -2.23. The van der Waals surface area contributed by atoms with E-state index in [1.165, 1.54) is 6.07 Å². The second kappa shape index (κ2) is 7.28. The maximum atomic E-state index is 12.0. The topological polar surface area (TPSA) is 87.6 Å². The Morgan fingerprint density at radius 2 is 1.88 bits per heavy atom. The van der Waals surface area contributed by atoms with Gasteiger partial charge >= 0.3 is 0 Å². The van der Waals surface area contributed by atoms with Crippen LogP contribution in [-0.2, 0) is 14.8 Å². The molecular weight excluding hydrogens is 358 g/mol. The number of rotatable bonds is 5. The van der Waals surface area contributed by atoms with Gasteiger partial charge in [0.1, 0.15) is 5.84 Å². The van der Waals surface area contributed by atoms with Crippen LogP contribution < -0.4 is 10.0 Å². The number of thioether (sulfide) groups is 1. The fourth-order valence-corrected chi connectivity index (χ4v) is 4.08. The highest BCUT2D eigenvalue weighted by Crippen LogP contribution is 2.22. The van der Waals surface area contributed by atoms with Crippen LogP contribution in [0.15, 0.2) is 63.3 Å². The number of hydrogen-bond acceptors (Lipinski definition) is 5. The van der Waals surface area contributed by atoms with Gasteiger partial charge < -0.3 is 5.32 Å². The fourth-order valence-electron chi connectivity index (χ4n) is 2.42. The van der Waals surface area contributed by atoms with Gasteiger partial charge in [0.05, 0.1) is 11.4 Å². The lowest BCUT2D eigenvalue weighted by molar-refractivity contribution is -0.116. The number of nitrogens with zero attached hydrogens (tertiary/aromatic N) is 1. The third kappa shape index (κ3) is 4.02. The molecule has 1 heterocycles. The van der Waals surface area contributed by atoms with Crippen LogP contribution in [0, 0.1) is 0 Å². The molecule has 0 saturated carbocycles. The van der Waals surface area contributed by atoms with Crippen molar-refractivity contribution < 1.29 is 13.2 Å². The molecule has 6 nitrogen and oxygen atoms in total. The molecule has 0 aromatic heterocycles. The van der Waals surface area contributed by atoms with Crippen LogP contribution in [-0.4, -0.2) is 33.0 Å². The number of sulfonamides is 1. The first kappa shape index (κ1) is 17.5. The minimum Gasteiger partial charge on any atom is -0.326 e. The predicted molar refractivity (Wildman–Crippen MR) is 99.6 cm³/mol. The summed E-state index contributed by atoms with van der Waals surface area (Å²) in [5, 5.41) is 2.80. The van der Waals surface area contributed by atoms with E-state index in [1.807, 2.05) is 30.5 Å². The third-order valence-electron chi connectivity index (χ3n) is 3.65. The second-order valence-electron chi connectivity index (χ2n) is 5.36. The molecule has 0 spiro atoms. The number of hydrogen-bond donors (Lipinski definition) is 2. The van der Waals surface area contributed by atoms with E-state index in [4.69, 9.17) is 0 Å². The second-order valence-corrected chi connectivity index (χ2v) is 7.89. The zero-order chi connectivity index (χ0) is 17.9. The minimum atomic E-state index is -3.54. The minimum absolute atomic E-state index is 0.164. The Labute approximate surface area is 150 Å². The van der Waals surface area contributed by atoms with Crippen LogP contribution in [0.2, 0.25) is 0 Å². The largest absolute Gasteiger partial charge is 0.326 e. The number of carbonyl (C=O) groups excluding carboxylic acids is 1. The van der Waals surface area contributed by atoms with Crippen molar-refractivity contribution in [3.05, 3.63) is 54.1 Å².